The fourth-order valence-corrected chi connectivity index (χ4v) is 4.60. The van der Waals surface area contributed by atoms with Crippen LogP contribution >= 0.6 is 15.9 Å². The van der Waals surface area contributed by atoms with E-state index in [-0.39, 0.29) is 5.41 Å². The molecule has 1 aliphatic heterocycles. The lowest BCUT2D eigenvalue weighted by molar-refractivity contribution is 0.0890. The number of nitrogens with zero attached hydrogens (tertiary/aromatic N) is 1. The van der Waals surface area contributed by atoms with Crippen molar-refractivity contribution in [3.8, 4) is 0 Å². The molecule has 0 aliphatic carbocycles. The van der Waals surface area contributed by atoms with E-state index in [9.17, 15) is 8.42 Å². The van der Waals surface area contributed by atoms with E-state index in [0.717, 1.165) is 10.0 Å². The molecule has 0 fully saturated rings. The number of methoxy groups -OCH3 is 1. The molecule has 0 unspecified atom stereocenters. The lowest BCUT2D eigenvalue weighted by atomic mass is 9.95. The first-order chi connectivity index (χ1) is 8.76. The van der Waals surface area contributed by atoms with Crippen LogP contribution in [-0.2, 0) is 21.3 Å². The van der Waals surface area contributed by atoms with E-state index in [4.69, 9.17) is 4.74 Å². The Labute approximate surface area is 122 Å². The van der Waals surface area contributed by atoms with Gasteiger partial charge in [0.25, 0.3) is 0 Å². The summed E-state index contributed by atoms with van der Waals surface area (Å²) in [5.74, 6) is 0. The van der Waals surface area contributed by atoms with Crippen molar-refractivity contribution in [1.29, 1.82) is 0 Å². The Hall–Kier alpha value is -0.430. The zero-order valence-corrected chi connectivity index (χ0v) is 13.7. The summed E-state index contributed by atoms with van der Waals surface area (Å²) < 4.78 is 32.5. The van der Waals surface area contributed by atoms with Gasteiger partial charge in [0.15, 0.2) is 0 Å². The zero-order chi connectivity index (χ0) is 14.3. The highest BCUT2D eigenvalue weighted by molar-refractivity contribution is 9.10. The van der Waals surface area contributed by atoms with Crippen molar-refractivity contribution in [2.24, 2.45) is 5.41 Å². The van der Waals surface area contributed by atoms with Crippen molar-refractivity contribution in [3.05, 3.63) is 28.2 Å². The predicted octanol–water partition coefficient (Wildman–Crippen LogP) is 2.63. The Bertz CT molecular complexity index is 584. The molecule has 1 aliphatic rings. The summed E-state index contributed by atoms with van der Waals surface area (Å²) >= 11 is 3.38. The van der Waals surface area contributed by atoms with Crippen molar-refractivity contribution in [2.45, 2.75) is 25.3 Å². The minimum Gasteiger partial charge on any atom is -0.384 e. The normalized spacial score (nSPS) is 18.5. The zero-order valence-electron chi connectivity index (χ0n) is 11.3. The third kappa shape index (κ3) is 3.02. The van der Waals surface area contributed by atoms with Crippen LogP contribution in [0.2, 0.25) is 0 Å². The average Bonchev–Trinajstić information content (AvgIpc) is 2.49. The number of ether oxygens (including phenoxy) is 1. The number of sulfonamides is 1. The molecule has 0 aromatic heterocycles. The molecule has 0 atom stereocenters. The highest BCUT2D eigenvalue weighted by atomic mass is 79.9. The van der Waals surface area contributed by atoms with Gasteiger partial charge < -0.3 is 4.74 Å². The van der Waals surface area contributed by atoms with Gasteiger partial charge in [-0.1, -0.05) is 29.8 Å². The largest absolute Gasteiger partial charge is 0.384 e. The third-order valence-corrected chi connectivity index (χ3v) is 5.51. The first kappa shape index (κ1) is 15.0. The standard InChI is InChI=1S/C13H18BrNO3S/c1-13(2,9-18-3)8-15-7-10-6-11(14)4-5-12(10)19(15,16)17/h4-6H,7-9H2,1-3H3. The van der Waals surface area contributed by atoms with Crippen LogP contribution in [0.4, 0.5) is 0 Å². The van der Waals surface area contributed by atoms with Gasteiger partial charge in [-0.2, -0.15) is 4.31 Å². The molecular weight excluding hydrogens is 330 g/mol. The molecule has 1 aromatic carbocycles. The van der Waals surface area contributed by atoms with E-state index in [1.165, 1.54) is 4.31 Å². The van der Waals surface area contributed by atoms with Crippen LogP contribution in [0.5, 0.6) is 0 Å². The van der Waals surface area contributed by atoms with Crippen LogP contribution in [0.3, 0.4) is 0 Å². The fraction of sp³-hybridized carbons (Fsp3) is 0.538. The molecule has 1 aromatic rings. The van der Waals surface area contributed by atoms with E-state index in [1.54, 1.807) is 19.2 Å². The van der Waals surface area contributed by atoms with Gasteiger partial charge in [-0.15, -0.1) is 0 Å². The van der Waals surface area contributed by atoms with Crippen LogP contribution < -0.4 is 0 Å². The highest BCUT2D eigenvalue weighted by Crippen LogP contribution is 2.34. The van der Waals surface area contributed by atoms with Gasteiger partial charge >= 0.3 is 0 Å². The van der Waals surface area contributed by atoms with E-state index >= 15 is 0 Å². The number of benzene rings is 1. The van der Waals surface area contributed by atoms with E-state index in [2.05, 4.69) is 15.9 Å². The molecule has 6 heteroatoms. The number of hydrogen-bond acceptors (Lipinski definition) is 3. The minimum absolute atomic E-state index is 0.207. The Morgan fingerprint density at radius 1 is 1.42 bits per heavy atom. The van der Waals surface area contributed by atoms with Gasteiger partial charge in [0, 0.05) is 30.1 Å². The maximum Gasteiger partial charge on any atom is 0.243 e. The molecule has 0 radical (unpaired) electrons. The van der Waals surface area contributed by atoms with Crippen molar-refractivity contribution in [1.82, 2.24) is 4.31 Å². The molecule has 4 nitrogen and oxygen atoms in total. The van der Waals surface area contributed by atoms with Crippen molar-refractivity contribution in [3.63, 3.8) is 0 Å². The monoisotopic (exact) mass is 347 g/mol. The molecule has 0 N–H and O–H groups in total. The second-order valence-corrected chi connectivity index (χ2v) is 8.44. The summed E-state index contributed by atoms with van der Waals surface area (Å²) in [5.41, 5.74) is 0.642. The molecule has 0 saturated carbocycles. The van der Waals surface area contributed by atoms with Crippen molar-refractivity contribution >= 4 is 26.0 Å². The molecule has 0 bridgehead atoms. The molecule has 0 spiro atoms. The van der Waals surface area contributed by atoms with Gasteiger partial charge in [-0.05, 0) is 23.8 Å². The van der Waals surface area contributed by atoms with Gasteiger partial charge in [0.1, 0.15) is 0 Å². The van der Waals surface area contributed by atoms with Crippen LogP contribution in [0, 0.1) is 5.41 Å². The first-order valence-electron chi connectivity index (χ1n) is 6.04. The highest BCUT2D eigenvalue weighted by Gasteiger charge is 2.37. The summed E-state index contributed by atoms with van der Waals surface area (Å²) in [6.45, 7) is 5.43. The van der Waals surface area contributed by atoms with Crippen LogP contribution in [-0.4, -0.2) is 33.0 Å². The first-order valence-corrected chi connectivity index (χ1v) is 8.27. The molecular formula is C13H18BrNO3S. The van der Waals surface area contributed by atoms with Gasteiger partial charge in [0.2, 0.25) is 10.0 Å². The van der Waals surface area contributed by atoms with Gasteiger partial charge in [-0.3, -0.25) is 0 Å². The molecule has 19 heavy (non-hydrogen) atoms. The molecule has 0 amide bonds. The van der Waals surface area contributed by atoms with E-state index in [0.29, 0.717) is 24.6 Å². The Morgan fingerprint density at radius 2 is 2.11 bits per heavy atom. The van der Waals surface area contributed by atoms with E-state index in [1.807, 2.05) is 19.9 Å². The molecule has 2 rings (SSSR count). The number of rotatable bonds is 4. The van der Waals surface area contributed by atoms with Crippen molar-refractivity contribution < 1.29 is 13.2 Å². The number of hydrogen-bond donors (Lipinski definition) is 0. The molecule has 1 heterocycles. The molecule has 106 valence electrons. The maximum atomic E-state index is 12.4. The molecule has 0 saturated heterocycles. The quantitative estimate of drug-likeness (QED) is 0.840. The summed E-state index contributed by atoms with van der Waals surface area (Å²) in [6, 6.07) is 5.30. The topological polar surface area (TPSA) is 46.6 Å². The Kier molecular flexibility index (Phi) is 4.07. The second kappa shape index (κ2) is 5.16. The van der Waals surface area contributed by atoms with Gasteiger partial charge in [-0.25, -0.2) is 8.42 Å². The lowest BCUT2D eigenvalue weighted by Gasteiger charge is -2.28. The number of fused-ring (bicyclic) bond motifs is 1. The summed E-state index contributed by atoms with van der Waals surface area (Å²) in [6.07, 6.45) is 0. The fourth-order valence-electron chi connectivity index (χ4n) is 2.39. The Morgan fingerprint density at radius 3 is 2.74 bits per heavy atom. The smallest absolute Gasteiger partial charge is 0.243 e. The SMILES string of the molecule is COCC(C)(C)CN1Cc2cc(Br)ccc2S1(=O)=O. The summed E-state index contributed by atoms with van der Waals surface area (Å²) in [5, 5.41) is 0. The Balaban J connectivity index is 2.28. The summed E-state index contributed by atoms with van der Waals surface area (Å²) in [7, 11) is -1.73. The lowest BCUT2D eigenvalue weighted by Crippen LogP contribution is -2.37. The van der Waals surface area contributed by atoms with Crippen LogP contribution in [0.1, 0.15) is 19.4 Å². The minimum atomic E-state index is -3.36. The number of halogens is 1. The average molecular weight is 348 g/mol. The third-order valence-electron chi connectivity index (χ3n) is 3.13. The van der Waals surface area contributed by atoms with E-state index < -0.39 is 10.0 Å². The maximum absolute atomic E-state index is 12.4. The van der Waals surface area contributed by atoms with Crippen LogP contribution in [0.15, 0.2) is 27.6 Å². The van der Waals surface area contributed by atoms with Gasteiger partial charge in [0.05, 0.1) is 11.5 Å². The predicted molar refractivity (Wildman–Crippen MR) is 77.4 cm³/mol. The van der Waals surface area contributed by atoms with Crippen molar-refractivity contribution in [2.75, 3.05) is 20.3 Å². The van der Waals surface area contributed by atoms with Crippen LogP contribution in [0.25, 0.3) is 0 Å². The summed E-state index contributed by atoms with van der Waals surface area (Å²) in [4.78, 5) is 0.420. The second-order valence-electron chi connectivity index (χ2n) is 5.62.